The Hall–Kier alpha value is -2.64. The van der Waals surface area contributed by atoms with Gasteiger partial charge in [-0.25, -0.2) is 13.1 Å². The molecule has 1 heterocycles. The van der Waals surface area contributed by atoms with E-state index in [0.717, 1.165) is 22.0 Å². The average molecular weight is 401 g/mol. The molecule has 1 aromatic heterocycles. The van der Waals surface area contributed by atoms with E-state index in [2.05, 4.69) is 4.72 Å². The Morgan fingerprint density at radius 1 is 1.11 bits per heavy atom. The molecule has 0 atom stereocenters. The molecule has 0 spiro atoms. The second kappa shape index (κ2) is 8.58. The van der Waals surface area contributed by atoms with Crippen LogP contribution in [0.5, 0.6) is 0 Å². The number of benzene rings is 2. The van der Waals surface area contributed by atoms with Crippen molar-refractivity contribution in [1.29, 1.82) is 0 Å². The quantitative estimate of drug-likeness (QED) is 0.590. The van der Waals surface area contributed by atoms with Crippen molar-refractivity contribution in [3.8, 4) is 0 Å². The van der Waals surface area contributed by atoms with Crippen molar-refractivity contribution in [3.63, 3.8) is 0 Å². The maximum absolute atomic E-state index is 12.4. The van der Waals surface area contributed by atoms with Crippen molar-refractivity contribution in [2.75, 3.05) is 13.7 Å². The number of rotatable bonds is 8. The number of sulfonamides is 1. The molecular weight excluding hydrogens is 376 g/mol. The first kappa shape index (κ1) is 20.1. The largest absolute Gasteiger partial charge is 0.469 e. The van der Waals surface area contributed by atoms with Crippen molar-refractivity contribution in [3.05, 3.63) is 65.9 Å². The molecule has 0 bridgehead atoms. The molecule has 0 fully saturated rings. The van der Waals surface area contributed by atoms with Crippen LogP contribution in [-0.4, -0.2) is 32.6 Å². The Morgan fingerprint density at radius 2 is 1.82 bits per heavy atom. The van der Waals surface area contributed by atoms with Gasteiger partial charge in [0.2, 0.25) is 10.0 Å². The van der Waals surface area contributed by atoms with Gasteiger partial charge in [-0.3, -0.25) is 4.79 Å². The standard InChI is InChI=1S/C21H24N2O4S/c1-16-7-9-18(10-8-16)28(25,26)22-13-11-17-15-23(14-12-21(24)27-2)20-6-4-3-5-19(17)20/h3-10,15,22H,11-14H2,1-2H3. The first-order chi connectivity index (χ1) is 13.4. The summed E-state index contributed by atoms with van der Waals surface area (Å²) in [7, 11) is -2.16. The molecule has 0 aliphatic rings. The predicted octanol–water partition coefficient (Wildman–Crippen LogP) is 3.03. The first-order valence-electron chi connectivity index (χ1n) is 9.10. The van der Waals surface area contributed by atoms with Gasteiger partial charge >= 0.3 is 5.97 Å². The van der Waals surface area contributed by atoms with Crippen LogP contribution >= 0.6 is 0 Å². The lowest BCUT2D eigenvalue weighted by Crippen LogP contribution is -2.25. The topological polar surface area (TPSA) is 77.4 Å². The summed E-state index contributed by atoms with van der Waals surface area (Å²) < 4.78 is 34.3. The van der Waals surface area contributed by atoms with Crippen molar-refractivity contribution >= 4 is 26.9 Å². The monoisotopic (exact) mass is 400 g/mol. The Bertz CT molecular complexity index is 1070. The molecule has 0 unspecified atom stereocenters. The van der Waals surface area contributed by atoms with E-state index < -0.39 is 10.0 Å². The van der Waals surface area contributed by atoms with E-state index >= 15 is 0 Å². The molecule has 1 N–H and O–H groups in total. The minimum absolute atomic E-state index is 0.259. The summed E-state index contributed by atoms with van der Waals surface area (Å²) in [6.45, 7) is 2.73. The molecule has 2 aromatic carbocycles. The summed E-state index contributed by atoms with van der Waals surface area (Å²) in [4.78, 5) is 11.7. The Labute approximate surface area is 165 Å². The van der Waals surface area contributed by atoms with Crippen LogP contribution in [0.4, 0.5) is 0 Å². The average Bonchev–Trinajstić information content (AvgIpc) is 3.04. The number of aromatic nitrogens is 1. The summed E-state index contributed by atoms with van der Waals surface area (Å²) in [5, 5.41) is 1.06. The first-order valence-corrected chi connectivity index (χ1v) is 10.6. The highest BCUT2D eigenvalue weighted by atomic mass is 32.2. The van der Waals surface area contributed by atoms with Crippen LogP contribution in [0.2, 0.25) is 0 Å². The maximum atomic E-state index is 12.4. The van der Waals surface area contributed by atoms with Crippen LogP contribution in [0.25, 0.3) is 10.9 Å². The number of carbonyl (C=O) groups excluding carboxylic acids is 1. The number of hydrogen-bond donors (Lipinski definition) is 1. The molecule has 148 valence electrons. The maximum Gasteiger partial charge on any atom is 0.307 e. The SMILES string of the molecule is COC(=O)CCn1cc(CCNS(=O)(=O)c2ccc(C)cc2)c2ccccc21. The fraction of sp³-hybridized carbons (Fsp3) is 0.286. The van der Waals surface area contributed by atoms with Gasteiger partial charge in [0.05, 0.1) is 18.4 Å². The number of hydrogen-bond acceptors (Lipinski definition) is 4. The van der Waals surface area contributed by atoms with Gasteiger partial charge in [-0.15, -0.1) is 0 Å². The number of nitrogens with zero attached hydrogens (tertiary/aromatic N) is 1. The highest BCUT2D eigenvalue weighted by Crippen LogP contribution is 2.22. The second-order valence-corrected chi connectivity index (χ2v) is 8.42. The minimum atomic E-state index is -3.54. The highest BCUT2D eigenvalue weighted by Gasteiger charge is 2.14. The van der Waals surface area contributed by atoms with Crippen LogP contribution in [0.3, 0.4) is 0 Å². The third kappa shape index (κ3) is 4.61. The summed E-state index contributed by atoms with van der Waals surface area (Å²) in [5.41, 5.74) is 3.06. The van der Waals surface area contributed by atoms with Gasteiger partial charge in [0.25, 0.3) is 0 Å². The zero-order valence-electron chi connectivity index (χ0n) is 16.0. The number of esters is 1. The van der Waals surface area contributed by atoms with Gasteiger partial charge in [0.1, 0.15) is 0 Å². The predicted molar refractivity (Wildman–Crippen MR) is 109 cm³/mol. The van der Waals surface area contributed by atoms with Crippen molar-refractivity contribution < 1.29 is 17.9 Å². The summed E-state index contributed by atoms with van der Waals surface area (Å²) in [5.74, 6) is -0.259. The lowest BCUT2D eigenvalue weighted by molar-refractivity contribution is -0.140. The van der Waals surface area contributed by atoms with E-state index in [1.54, 1.807) is 24.3 Å². The van der Waals surface area contributed by atoms with Gasteiger partial charge in [-0.05, 0) is 37.1 Å². The molecule has 0 saturated heterocycles. The number of carbonyl (C=O) groups is 1. The highest BCUT2D eigenvalue weighted by molar-refractivity contribution is 7.89. The van der Waals surface area contributed by atoms with E-state index in [-0.39, 0.29) is 17.3 Å². The van der Waals surface area contributed by atoms with Crippen LogP contribution < -0.4 is 4.72 Å². The molecule has 0 aliphatic heterocycles. The molecule has 3 rings (SSSR count). The molecule has 3 aromatic rings. The van der Waals surface area contributed by atoms with Crippen molar-refractivity contribution in [1.82, 2.24) is 9.29 Å². The van der Waals surface area contributed by atoms with E-state index in [0.29, 0.717) is 19.5 Å². The van der Waals surface area contributed by atoms with Crippen molar-refractivity contribution in [2.45, 2.75) is 31.2 Å². The number of fused-ring (bicyclic) bond motifs is 1. The Kier molecular flexibility index (Phi) is 6.16. The lowest BCUT2D eigenvalue weighted by Gasteiger charge is -2.07. The molecule has 0 saturated carbocycles. The number of methoxy groups -OCH3 is 1. The molecular formula is C21H24N2O4S. The Balaban J connectivity index is 1.72. The third-order valence-corrected chi connectivity index (χ3v) is 6.15. The number of aryl methyl sites for hydroxylation is 2. The van der Waals surface area contributed by atoms with Crippen molar-refractivity contribution in [2.24, 2.45) is 0 Å². The molecule has 0 amide bonds. The lowest BCUT2D eigenvalue weighted by atomic mass is 10.1. The van der Waals surface area contributed by atoms with Crippen LogP contribution in [0.1, 0.15) is 17.5 Å². The summed E-state index contributed by atoms with van der Waals surface area (Å²) >= 11 is 0. The molecule has 0 radical (unpaired) electrons. The van der Waals surface area contributed by atoms with Gasteiger partial charge < -0.3 is 9.30 Å². The Morgan fingerprint density at radius 3 is 2.54 bits per heavy atom. The summed E-state index contributed by atoms with van der Waals surface area (Å²) in [6.07, 6.45) is 2.82. The zero-order chi connectivity index (χ0) is 20.1. The molecule has 0 aliphatic carbocycles. The van der Waals surface area contributed by atoms with E-state index in [1.165, 1.54) is 7.11 Å². The van der Waals surface area contributed by atoms with E-state index in [1.807, 2.05) is 42.0 Å². The number of ether oxygens (including phenoxy) is 1. The zero-order valence-corrected chi connectivity index (χ0v) is 16.8. The molecule has 6 nitrogen and oxygen atoms in total. The van der Waals surface area contributed by atoms with Gasteiger partial charge in [0.15, 0.2) is 0 Å². The smallest absolute Gasteiger partial charge is 0.307 e. The fourth-order valence-corrected chi connectivity index (χ4v) is 4.17. The number of para-hydroxylation sites is 1. The van der Waals surface area contributed by atoms with E-state index in [9.17, 15) is 13.2 Å². The second-order valence-electron chi connectivity index (χ2n) is 6.65. The van der Waals surface area contributed by atoms with E-state index in [4.69, 9.17) is 4.74 Å². The third-order valence-electron chi connectivity index (χ3n) is 4.67. The minimum Gasteiger partial charge on any atom is -0.469 e. The molecule has 28 heavy (non-hydrogen) atoms. The number of nitrogens with one attached hydrogen (secondary N) is 1. The van der Waals surface area contributed by atoms with Gasteiger partial charge in [0, 0.05) is 30.2 Å². The van der Waals surface area contributed by atoms with Crippen LogP contribution in [-0.2, 0) is 32.5 Å². The molecule has 7 heteroatoms. The van der Waals surface area contributed by atoms with Crippen LogP contribution in [0.15, 0.2) is 59.6 Å². The summed E-state index contributed by atoms with van der Waals surface area (Å²) in [6, 6.07) is 14.7. The normalized spacial score (nSPS) is 11.6. The van der Waals surface area contributed by atoms with Gasteiger partial charge in [-0.1, -0.05) is 35.9 Å². The van der Waals surface area contributed by atoms with Gasteiger partial charge in [-0.2, -0.15) is 0 Å². The van der Waals surface area contributed by atoms with Crippen LogP contribution in [0, 0.1) is 6.92 Å². The fourth-order valence-electron chi connectivity index (χ4n) is 3.14.